The predicted molar refractivity (Wildman–Crippen MR) is 83.5 cm³/mol. The first kappa shape index (κ1) is 14.4. The average Bonchev–Trinajstić information content (AvgIpc) is 2.83. The van der Waals surface area contributed by atoms with Crippen LogP contribution in [0.25, 0.3) is 0 Å². The first-order chi connectivity index (χ1) is 10.5. The van der Waals surface area contributed by atoms with Crippen molar-refractivity contribution in [3.05, 3.63) is 45.7 Å². The van der Waals surface area contributed by atoms with Gasteiger partial charge in [-0.3, -0.25) is 19.4 Å². The van der Waals surface area contributed by atoms with Gasteiger partial charge in [-0.15, -0.1) is 0 Å². The summed E-state index contributed by atoms with van der Waals surface area (Å²) in [5, 5.41) is 5.64. The number of aromatic nitrogens is 2. The number of ether oxygens (including phenoxy) is 1. The molecule has 0 spiro atoms. The highest BCUT2D eigenvalue weighted by atomic mass is 16.5. The summed E-state index contributed by atoms with van der Waals surface area (Å²) in [5.74, 6) is 0.845. The third-order valence-electron chi connectivity index (χ3n) is 3.99. The maximum absolute atomic E-state index is 12.4. The SMILES string of the molecule is COc1ccccc1[C@@H]1CC(=O)Nc2c1c(=O)[nH]n2C(C)C. The van der Waals surface area contributed by atoms with Gasteiger partial charge in [0.15, 0.2) is 0 Å². The van der Waals surface area contributed by atoms with Crippen LogP contribution in [0.5, 0.6) is 5.75 Å². The number of rotatable bonds is 3. The van der Waals surface area contributed by atoms with Crippen LogP contribution in [-0.2, 0) is 4.79 Å². The van der Waals surface area contributed by atoms with Crippen molar-refractivity contribution in [1.82, 2.24) is 9.78 Å². The minimum atomic E-state index is -0.302. The molecule has 0 fully saturated rings. The summed E-state index contributed by atoms with van der Waals surface area (Å²) in [6, 6.07) is 7.55. The number of carbonyl (C=O) groups excluding carboxylic acids is 1. The number of benzene rings is 1. The molecule has 1 aliphatic heterocycles. The number of nitrogens with zero attached hydrogens (tertiary/aromatic N) is 1. The quantitative estimate of drug-likeness (QED) is 0.913. The Morgan fingerprint density at radius 2 is 2.00 bits per heavy atom. The van der Waals surface area contributed by atoms with E-state index in [0.29, 0.717) is 17.1 Å². The molecule has 0 aliphatic carbocycles. The minimum Gasteiger partial charge on any atom is -0.496 e. The zero-order valence-electron chi connectivity index (χ0n) is 12.8. The van der Waals surface area contributed by atoms with E-state index in [9.17, 15) is 9.59 Å². The van der Waals surface area contributed by atoms with Crippen LogP contribution >= 0.6 is 0 Å². The average molecular weight is 301 g/mol. The monoisotopic (exact) mass is 301 g/mol. The summed E-state index contributed by atoms with van der Waals surface area (Å²) < 4.78 is 7.10. The first-order valence-corrected chi connectivity index (χ1v) is 7.30. The standard InChI is InChI=1S/C16H19N3O3/c1-9(2)19-15-14(16(21)18-19)11(8-13(20)17-15)10-6-4-5-7-12(10)22-3/h4-7,9,11H,8H2,1-3H3,(H,17,20)(H,18,21)/t11-/m0/s1. The van der Waals surface area contributed by atoms with E-state index in [0.717, 1.165) is 5.56 Å². The lowest BCUT2D eigenvalue weighted by Crippen LogP contribution is -2.27. The van der Waals surface area contributed by atoms with Crippen molar-refractivity contribution in [3.63, 3.8) is 0 Å². The summed E-state index contributed by atoms with van der Waals surface area (Å²) in [4.78, 5) is 24.5. The van der Waals surface area contributed by atoms with Crippen LogP contribution in [0.3, 0.4) is 0 Å². The fourth-order valence-corrected chi connectivity index (χ4v) is 2.99. The van der Waals surface area contributed by atoms with Gasteiger partial charge in [-0.2, -0.15) is 0 Å². The fourth-order valence-electron chi connectivity index (χ4n) is 2.99. The number of methoxy groups -OCH3 is 1. The number of anilines is 1. The molecule has 3 rings (SSSR count). The van der Waals surface area contributed by atoms with Crippen LogP contribution in [-0.4, -0.2) is 22.8 Å². The highest BCUT2D eigenvalue weighted by Gasteiger charge is 2.34. The van der Waals surface area contributed by atoms with Crippen molar-refractivity contribution in [2.24, 2.45) is 0 Å². The Hall–Kier alpha value is -2.50. The summed E-state index contributed by atoms with van der Waals surface area (Å²) in [6.45, 7) is 3.91. The van der Waals surface area contributed by atoms with Gasteiger partial charge in [-0.1, -0.05) is 18.2 Å². The third kappa shape index (κ3) is 2.20. The number of carbonyl (C=O) groups is 1. The molecule has 1 atom stereocenters. The largest absolute Gasteiger partial charge is 0.496 e. The molecule has 0 bridgehead atoms. The molecule has 1 aromatic heterocycles. The van der Waals surface area contributed by atoms with Crippen LogP contribution in [0.1, 0.15) is 43.4 Å². The second-order valence-electron chi connectivity index (χ2n) is 5.71. The van der Waals surface area contributed by atoms with Gasteiger partial charge in [0.1, 0.15) is 11.6 Å². The Labute approximate surface area is 128 Å². The van der Waals surface area contributed by atoms with Crippen LogP contribution in [0.4, 0.5) is 5.82 Å². The van der Waals surface area contributed by atoms with Gasteiger partial charge in [0, 0.05) is 23.9 Å². The van der Waals surface area contributed by atoms with Crippen LogP contribution in [0, 0.1) is 0 Å². The Balaban J connectivity index is 2.21. The Morgan fingerprint density at radius 3 is 2.68 bits per heavy atom. The van der Waals surface area contributed by atoms with E-state index < -0.39 is 0 Å². The lowest BCUT2D eigenvalue weighted by molar-refractivity contribution is -0.116. The summed E-state index contributed by atoms with van der Waals surface area (Å²) in [5.41, 5.74) is 1.28. The molecule has 0 unspecified atom stereocenters. The van der Waals surface area contributed by atoms with Gasteiger partial charge in [0.2, 0.25) is 5.91 Å². The van der Waals surface area contributed by atoms with Gasteiger partial charge in [-0.05, 0) is 19.9 Å². The summed E-state index contributed by atoms with van der Waals surface area (Å²) in [7, 11) is 1.59. The zero-order valence-corrected chi connectivity index (χ0v) is 12.8. The maximum Gasteiger partial charge on any atom is 0.270 e. The molecule has 116 valence electrons. The van der Waals surface area contributed by atoms with Gasteiger partial charge in [0.05, 0.1) is 12.7 Å². The van der Waals surface area contributed by atoms with E-state index in [1.165, 1.54) is 0 Å². The zero-order chi connectivity index (χ0) is 15.9. The van der Waals surface area contributed by atoms with E-state index in [1.54, 1.807) is 11.8 Å². The number of para-hydroxylation sites is 1. The number of nitrogens with one attached hydrogen (secondary N) is 2. The maximum atomic E-state index is 12.4. The highest BCUT2D eigenvalue weighted by molar-refractivity contribution is 5.94. The molecule has 2 aromatic rings. The van der Waals surface area contributed by atoms with Gasteiger partial charge < -0.3 is 10.1 Å². The number of amides is 1. The van der Waals surface area contributed by atoms with Crippen LogP contribution in [0.15, 0.2) is 29.1 Å². The van der Waals surface area contributed by atoms with Crippen molar-refractivity contribution < 1.29 is 9.53 Å². The number of H-pyrrole nitrogens is 1. The summed E-state index contributed by atoms with van der Waals surface area (Å²) in [6.07, 6.45) is 0.235. The molecular formula is C16H19N3O3. The molecule has 6 heteroatoms. The van der Waals surface area contributed by atoms with Crippen molar-refractivity contribution in [2.45, 2.75) is 32.2 Å². The fraction of sp³-hybridized carbons (Fsp3) is 0.375. The molecule has 1 aliphatic rings. The van der Waals surface area contributed by atoms with E-state index in [-0.39, 0.29) is 29.8 Å². The lowest BCUT2D eigenvalue weighted by atomic mass is 9.86. The van der Waals surface area contributed by atoms with E-state index in [4.69, 9.17) is 4.74 Å². The molecule has 0 saturated heterocycles. The second-order valence-corrected chi connectivity index (χ2v) is 5.71. The Bertz CT molecular complexity index is 773. The molecule has 6 nitrogen and oxygen atoms in total. The van der Waals surface area contributed by atoms with Crippen molar-refractivity contribution in [3.8, 4) is 5.75 Å². The lowest BCUT2D eigenvalue weighted by Gasteiger charge is -2.25. The smallest absolute Gasteiger partial charge is 0.270 e. The van der Waals surface area contributed by atoms with Gasteiger partial charge >= 0.3 is 0 Å². The molecule has 0 radical (unpaired) electrons. The molecule has 1 aromatic carbocycles. The molecule has 0 saturated carbocycles. The van der Waals surface area contributed by atoms with Crippen LogP contribution in [0.2, 0.25) is 0 Å². The number of aromatic amines is 1. The normalized spacial score (nSPS) is 17.3. The minimum absolute atomic E-state index is 0.0492. The number of fused-ring (bicyclic) bond motifs is 1. The third-order valence-corrected chi connectivity index (χ3v) is 3.99. The van der Waals surface area contributed by atoms with Gasteiger partial charge in [-0.25, -0.2) is 0 Å². The van der Waals surface area contributed by atoms with Crippen molar-refractivity contribution in [1.29, 1.82) is 0 Å². The van der Waals surface area contributed by atoms with E-state index >= 15 is 0 Å². The van der Waals surface area contributed by atoms with Crippen LogP contribution < -0.4 is 15.6 Å². The molecule has 22 heavy (non-hydrogen) atoms. The molecule has 2 N–H and O–H groups in total. The number of hydrogen-bond acceptors (Lipinski definition) is 3. The van der Waals surface area contributed by atoms with Crippen molar-refractivity contribution >= 4 is 11.7 Å². The van der Waals surface area contributed by atoms with Gasteiger partial charge in [0.25, 0.3) is 5.56 Å². The topological polar surface area (TPSA) is 76.1 Å². The second kappa shape index (κ2) is 5.36. The Morgan fingerprint density at radius 1 is 1.27 bits per heavy atom. The molecule has 1 amide bonds. The van der Waals surface area contributed by atoms with E-state index in [1.807, 2.05) is 38.1 Å². The van der Waals surface area contributed by atoms with E-state index in [2.05, 4.69) is 10.4 Å². The molecule has 2 heterocycles. The first-order valence-electron chi connectivity index (χ1n) is 7.30. The number of hydrogen-bond donors (Lipinski definition) is 2. The molecular weight excluding hydrogens is 282 g/mol. The predicted octanol–water partition coefficient (Wildman–Crippen LogP) is 2.24. The summed E-state index contributed by atoms with van der Waals surface area (Å²) >= 11 is 0. The Kier molecular flexibility index (Phi) is 3.52. The van der Waals surface area contributed by atoms with Crippen molar-refractivity contribution in [2.75, 3.05) is 12.4 Å². The highest BCUT2D eigenvalue weighted by Crippen LogP contribution is 2.39.